The first kappa shape index (κ1) is 14.1. The zero-order valence-electron chi connectivity index (χ0n) is 12.8. The molecular weight excluding hydrogens is 310 g/mol. The number of aryl methyl sites for hydroxylation is 1. The van der Waals surface area contributed by atoms with Gasteiger partial charge in [0, 0.05) is 6.54 Å². The van der Waals surface area contributed by atoms with Crippen LogP contribution in [0.25, 0.3) is 0 Å². The molecule has 0 fully saturated rings. The largest absolute Gasteiger partial charge is 0.374 e. The third kappa shape index (κ3) is 2.65. The monoisotopic (exact) mass is 327 g/mol. The van der Waals surface area contributed by atoms with Crippen LogP contribution in [-0.4, -0.2) is 31.5 Å². The summed E-state index contributed by atoms with van der Waals surface area (Å²) in [6.07, 6.45) is 0.928. The Morgan fingerprint density at radius 2 is 2.00 bits per heavy atom. The highest BCUT2D eigenvalue weighted by atomic mass is 32.1. The van der Waals surface area contributed by atoms with Gasteiger partial charge in [0.05, 0.1) is 12.6 Å². The quantitative estimate of drug-likeness (QED) is 0.790. The number of hydrogen-bond acceptors (Lipinski definition) is 7. The Morgan fingerprint density at radius 1 is 1.17 bits per heavy atom. The van der Waals surface area contributed by atoms with Crippen molar-refractivity contribution in [3.05, 3.63) is 47.5 Å². The summed E-state index contributed by atoms with van der Waals surface area (Å²) < 4.78 is 2.24. The third-order valence-electron chi connectivity index (χ3n) is 4.08. The highest BCUT2D eigenvalue weighted by Gasteiger charge is 2.29. The average molecular weight is 327 g/mol. The average Bonchev–Trinajstić information content (AvgIpc) is 3.15. The summed E-state index contributed by atoms with van der Waals surface area (Å²) in [5, 5.41) is 18.0. The fourth-order valence-electron chi connectivity index (χ4n) is 3.11. The van der Waals surface area contributed by atoms with E-state index in [0.717, 1.165) is 29.7 Å². The molecule has 0 radical (unpaired) electrons. The van der Waals surface area contributed by atoms with Gasteiger partial charge < -0.3 is 15.2 Å². The molecule has 0 saturated carbocycles. The Bertz CT molecular complexity index is 810. The maximum atomic E-state index is 5.73. The van der Waals surface area contributed by atoms with Crippen LogP contribution in [0.2, 0.25) is 0 Å². The van der Waals surface area contributed by atoms with E-state index in [0.29, 0.717) is 11.7 Å². The van der Waals surface area contributed by atoms with E-state index in [1.807, 2.05) is 13.0 Å². The number of benzene rings is 1. The number of nitrogens with zero attached hydrogens (tertiary/aromatic N) is 6. The van der Waals surface area contributed by atoms with Crippen molar-refractivity contribution in [3.8, 4) is 0 Å². The number of nitrogens with two attached hydrogens (primary N) is 1. The molecular formula is C15H17N7S. The van der Waals surface area contributed by atoms with E-state index < -0.39 is 0 Å². The summed E-state index contributed by atoms with van der Waals surface area (Å²) in [4.78, 5) is 2.19. The molecule has 1 aromatic carbocycles. The molecule has 4 rings (SSSR count). The molecule has 7 nitrogen and oxygen atoms in total. The van der Waals surface area contributed by atoms with Gasteiger partial charge >= 0.3 is 0 Å². The van der Waals surface area contributed by atoms with Crippen LogP contribution in [0.4, 0.5) is 10.3 Å². The number of nitrogen functional groups attached to an aromatic ring is 1. The summed E-state index contributed by atoms with van der Waals surface area (Å²) in [5.41, 5.74) is 7.03. The van der Waals surface area contributed by atoms with Crippen molar-refractivity contribution in [3.63, 3.8) is 0 Å². The Balaban J connectivity index is 1.67. The minimum absolute atomic E-state index is 0.265. The molecule has 2 aromatic heterocycles. The van der Waals surface area contributed by atoms with Gasteiger partial charge in [0.15, 0.2) is 5.82 Å². The lowest BCUT2D eigenvalue weighted by Crippen LogP contribution is -2.38. The molecule has 2 N–H and O–H groups in total. The Labute approximate surface area is 137 Å². The Morgan fingerprint density at radius 3 is 2.74 bits per heavy atom. The van der Waals surface area contributed by atoms with Crippen molar-refractivity contribution in [2.75, 3.05) is 17.2 Å². The molecule has 23 heavy (non-hydrogen) atoms. The molecule has 3 heterocycles. The first-order chi connectivity index (χ1) is 11.2. The Hall–Kier alpha value is -2.48. The van der Waals surface area contributed by atoms with Crippen molar-refractivity contribution < 1.29 is 0 Å². The normalized spacial score (nSPS) is 17.3. The highest BCUT2D eigenvalue weighted by molar-refractivity contribution is 7.18. The Kier molecular flexibility index (Phi) is 3.45. The number of hydrogen-bond donors (Lipinski definition) is 1. The number of aromatic nitrogens is 5. The smallest absolute Gasteiger partial charge is 0.210 e. The molecule has 1 aliphatic rings. The molecule has 8 heteroatoms. The second-order valence-electron chi connectivity index (χ2n) is 5.68. The molecule has 1 aliphatic heterocycles. The van der Waals surface area contributed by atoms with E-state index in [-0.39, 0.29) is 6.04 Å². The van der Waals surface area contributed by atoms with Crippen LogP contribution in [0.1, 0.15) is 23.3 Å². The second kappa shape index (κ2) is 5.62. The first-order valence-corrected chi connectivity index (χ1v) is 8.30. The van der Waals surface area contributed by atoms with Gasteiger partial charge in [-0.2, -0.15) is 0 Å². The van der Waals surface area contributed by atoms with E-state index in [2.05, 4.69) is 54.1 Å². The minimum Gasteiger partial charge on any atom is -0.374 e. The molecule has 0 amide bonds. The third-order valence-corrected chi connectivity index (χ3v) is 4.89. The van der Waals surface area contributed by atoms with Crippen molar-refractivity contribution in [1.82, 2.24) is 25.0 Å². The highest BCUT2D eigenvalue weighted by Crippen LogP contribution is 2.30. The van der Waals surface area contributed by atoms with Crippen LogP contribution in [0.3, 0.4) is 0 Å². The fourth-order valence-corrected chi connectivity index (χ4v) is 3.73. The van der Waals surface area contributed by atoms with Gasteiger partial charge in [0.2, 0.25) is 10.3 Å². The summed E-state index contributed by atoms with van der Waals surface area (Å²) in [5.74, 6) is 1.92. The van der Waals surface area contributed by atoms with Crippen molar-refractivity contribution in [1.29, 1.82) is 0 Å². The summed E-state index contributed by atoms with van der Waals surface area (Å²) in [7, 11) is 0. The molecule has 1 atom stereocenters. The predicted molar refractivity (Wildman–Crippen MR) is 89.3 cm³/mol. The van der Waals surface area contributed by atoms with E-state index >= 15 is 0 Å². The number of rotatable bonds is 3. The first-order valence-electron chi connectivity index (χ1n) is 7.49. The van der Waals surface area contributed by atoms with E-state index in [4.69, 9.17) is 5.73 Å². The lowest BCUT2D eigenvalue weighted by molar-refractivity contribution is 0.422. The number of fused-ring (bicyclic) bond motifs is 1. The maximum absolute atomic E-state index is 5.73. The zero-order chi connectivity index (χ0) is 15.8. The maximum Gasteiger partial charge on any atom is 0.210 e. The van der Waals surface area contributed by atoms with Crippen LogP contribution < -0.4 is 10.6 Å². The summed E-state index contributed by atoms with van der Waals surface area (Å²) >= 11 is 1.41. The summed E-state index contributed by atoms with van der Waals surface area (Å²) in [6, 6.07) is 10.8. The van der Waals surface area contributed by atoms with Crippen molar-refractivity contribution in [2.24, 2.45) is 0 Å². The topological polar surface area (TPSA) is 85.8 Å². The minimum atomic E-state index is 0.265. The zero-order valence-corrected chi connectivity index (χ0v) is 13.6. The van der Waals surface area contributed by atoms with Crippen LogP contribution in [-0.2, 0) is 13.0 Å². The molecule has 0 bridgehead atoms. The second-order valence-corrected chi connectivity index (χ2v) is 6.67. The van der Waals surface area contributed by atoms with Gasteiger partial charge in [-0.3, -0.25) is 0 Å². The molecule has 0 saturated heterocycles. The standard InChI is InChI=1S/C15H17N7S/c1-10-17-18-13-9-21(15-20-19-14(16)23-15)8-12(22(10)13)7-11-5-3-2-4-6-11/h2-6,12H,7-9H2,1H3,(H2,16,19)/t12-/m1/s1. The summed E-state index contributed by atoms with van der Waals surface area (Å²) in [6.45, 7) is 3.53. The molecule has 0 spiro atoms. The van der Waals surface area contributed by atoms with Crippen molar-refractivity contribution in [2.45, 2.75) is 25.9 Å². The van der Waals surface area contributed by atoms with Crippen LogP contribution >= 0.6 is 11.3 Å². The van der Waals surface area contributed by atoms with Crippen molar-refractivity contribution >= 4 is 21.6 Å². The van der Waals surface area contributed by atoms with Gasteiger partial charge in [-0.15, -0.1) is 20.4 Å². The van der Waals surface area contributed by atoms with E-state index in [9.17, 15) is 0 Å². The molecule has 0 unspecified atom stereocenters. The molecule has 3 aromatic rings. The van der Waals surface area contributed by atoms with Crippen LogP contribution in [0, 0.1) is 6.92 Å². The van der Waals surface area contributed by atoms with Crippen LogP contribution in [0.5, 0.6) is 0 Å². The van der Waals surface area contributed by atoms with Gasteiger partial charge in [-0.25, -0.2) is 0 Å². The van der Waals surface area contributed by atoms with Gasteiger partial charge in [-0.05, 0) is 18.9 Å². The lowest BCUT2D eigenvalue weighted by atomic mass is 10.0. The fraction of sp³-hybridized carbons (Fsp3) is 0.333. The molecule has 0 aliphatic carbocycles. The van der Waals surface area contributed by atoms with Gasteiger partial charge in [0.1, 0.15) is 5.82 Å². The van der Waals surface area contributed by atoms with E-state index in [1.54, 1.807) is 0 Å². The lowest BCUT2D eigenvalue weighted by Gasteiger charge is -2.33. The predicted octanol–water partition coefficient (Wildman–Crippen LogP) is 1.82. The molecule has 118 valence electrons. The van der Waals surface area contributed by atoms with Gasteiger partial charge in [0.25, 0.3) is 0 Å². The number of anilines is 2. The van der Waals surface area contributed by atoms with Gasteiger partial charge in [-0.1, -0.05) is 41.7 Å². The van der Waals surface area contributed by atoms with E-state index in [1.165, 1.54) is 16.9 Å². The SMILES string of the molecule is Cc1nnc2n1[C@H](Cc1ccccc1)CN(c1nnc(N)s1)C2. The van der Waals surface area contributed by atoms with Crippen LogP contribution in [0.15, 0.2) is 30.3 Å².